The number of rotatable bonds is 7. The average molecular weight is 242 g/mol. The molecule has 6 heteroatoms. The zero-order valence-electron chi connectivity index (χ0n) is 9.94. The van der Waals surface area contributed by atoms with E-state index in [1.807, 2.05) is 0 Å². The van der Waals surface area contributed by atoms with E-state index < -0.39 is 17.9 Å². The first-order chi connectivity index (χ1) is 8.01. The van der Waals surface area contributed by atoms with E-state index in [2.05, 4.69) is 11.9 Å². The first-order valence-electron chi connectivity index (χ1n) is 5.42. The number of carbonyl (C=O) groups is 3. The van der Waals surface area contributed by atoms with Crippen molar-refractivity contribution in [1.82, 2.24) is 10.2 Å². The van der Waals surface area contributed by atoms with Gasteiger partial charge >= 0.3 is 12.0 Å². The fourth-order valence-electron chi connectivity index (χ4n) is 1.17. The lowest BCUT2D eigenvalue weighted by Gasteiger charge is -2.18. The lowest BCUT2D eigenvalue weighted by atomic mass is 10.2. The van der Waals surface area contributed by atoms with Gasteiger partial charge in [-0.2, -0.15) is 0 Å². The molecule has 0 aliphatic heterocycles. The summed E-state index contributed by atoms with van der Waals surface area (Å²) >= 11 is 0. The number of aliphatic carboxylic acids is 1. The Morgan fingerprint density at radius 1 is 1.35 bits per heavy atom. The van der Waals surface area contributed by atoms with Crippen LogP contribution in [0.1, 0.15) is 26.2 Å². The number of carboxylic acid groups (broad SMARTS) is 1. The molecular formula is C11H18N2O4. The summed E-state index contributed by atoms with van der Waals surface area (Å²) in [5, 5.41) is 10.6. The van der Waals surface area contributed by atoms with Crippen LogP contribution in [-0.2, 0) is 9.59 Å². The molecule has 0 fully saturated rings. The zero-order chi connectivity index (χ0) is 13.3. The second-order valence-corrected chi connectivity index (χ2v) is 3.43. The molecule has 0 spiro atoms. The molecule has 17 heavy (non-hydrogen) atoms. The van der Waals surface area contributed by atoms with E-state index in [9.17, 15) is 14.4 Å². The highest BCUT2D eigenvalue weighted by Gasteiger charge is 2.13. The highest BCUT2D eigenvalue weighted by atomic mass is 16.4. The number of likely N-dealkylation sites (N-methyl/N-ethyl adjacent to an activating group) is 1. The van der Waals surface area contributed by atoms with E-state index >= 15 is 0 Å². The minimum absolute atomic E-state index is 0.0314. The highest BCUT2D eigenvalue weighted by Crippen LogP contribution is 1.96. The Morgan fingerprint density at radius 2 is 2.00 bits per heavy atom. The Labute approximate surface area is 100 Å². The summed E-state index contributed by atoms with van der Waals surface area (Å²) < 4.78 is 0. The molecule has 2 N–H and O–H groups in total. The molecule has 0 unspecified atom stereocenters. The maximum atomic E-state index is 11.5. The Kier molecular flexibility index (Phi) is 7.41. The van der Waals surface area contributed by atoms with Gasteiger partial charge in [-0.3, -0.25) is 14.9 Å². The van der Waals surface area contributed by atoms with Crippen LogP contribution in [0, 0.1) is 0 Å². The quantitative estimate of drug-likeness (QED) is 0.652. The van der Waals surface area contributed by atoms with Gasteiger partial charge in [0, 0.05) is 25.9 Å². The summed E-state index contributed by atoms with van der Waals surface area (Å²) in [4.78, 5) is 34.4. The summed E-state index contributed by atoms with van der Waals surface area (Å²) in [6.45, 7) is 6.14. The van der Waals surface area contributed by atoms with Gasteiger partial charge in [-0.15, -0.1) is 6.58 Å². The fourth-order valence-corrected chi connectivity index (χ4v) is 1.17. The van der Waals surface area contributed by atoms with Crippen molar-refractivity contribution in [2.24, 2.45) is 0 Å². The van der Waals surface area contributed by atoms with Crippen molar-refractivity contribution in [3.8, 4) is 0 Å². The summed E-state index contributed by atoms with van der Waals surface area (Å²) in [6.07, 6.45) is 1.75. The predicted octanol–water partition coefficient (Wildman–Crippen LogP) is 0.985. The van der Waals surface area contributed by atoms with Crippen LogP contribution in [0.25, 0.3) is 0 Å². The first kappa shape index (κ1) is 15.2. The average Bonchev–Trinajstić information content (AvgIpc) is 2.24. The Balaban J connectivity index is 3.97. The second-order valence-electron chi connectivity index (χ2n) is 3.43. The van der Waals surface area contributed by atoms with Crippen molar-refractivity contribution < 1.29 is 19.5 Å². The molecule has 0 radical (unpaired) electrons. The van der Waals surface area contributed by atoms with E-state index in [0.717, 1.165) is 0 Å². The fraction of sp³-hybridized carbons (Fsp3) is 0.545. The monoisotopic (exact) mass is 242 g/mol. The van der Waals surface area contributed by atoms with Gasteiger partial charge in [0.1, 0.15) is 0 Å². The van der Waals surface area contributed by atoms with Crippen LogP contribution in [0.5, 0.6) is 0 Å². The lowest BCUT2D eigenvalue weighted by Crippen LogP contribution is -2.42. The normalized spacial score (nSPS) is 9.47. The van der Waals surface area contributed by atoms with Crippen molar-refractivity contribution >= 4 is 17.9 Å². The van der Waals surface area contributed by atoms with Crippen LogP contribution >= 0.6 is 0 Å². The molecule has 0 heterocycles. The minimum Gasteiger partial charge on any atom is -0.481 e. The lowest BCUT2D eigenvalue weighted by molar-refractivity contribution is -0.137. The van der Waals surface area contributed by atoms with Crippen molar-refractivity contribution in [1.29, 1.82) is 0 Å². The molecule has 0 saturated heterocycles. The first-order valence-corrected chi connectivity index (χ1v) is 5.42. The summed E-state index contributed by atoms with van der Waals surface area (Å²) in [7, 11) is 0. The molecule has 0 aliphatic rings. The number of nitrogens with one attached hydrogen (secondary N) is 1. The van der Waals surface area contributed by atoms with Crippen molar-refractivity contribution in [2.75, 3.05) is 13.1 Å². The molecule has 0 saturated carbocycles. The maximum absolute atomic E-state index is 11.5. The van der Waals surface area contributed by atoms with E-state index in [0.29, 0.717) is 13.1 Å². The van der Waals surface area contributed by atoms with Crippen LogP contribution in [0.15, 0.2) is 12.7 Å². The summed E-state index contributed by atoms with van der Waals surface area (Å²) in [5.74, 6) is -1.41. The molecule has 6 nitrogen and oxygen atoms in total. The van der Waals surface area contributed by atoms with Crippen LogP contribution in [0.3, 0.4) is 0 Å². The van der Waals surface area contributed by atoms with Gasteiger partial charge in [-0.25, -0.2) is 4.79 Å². The largest absolute Gasteiger partial charge is 0.481 e. The number of imide groups is 1. The maximum Gasteiger partial charge on any atom is 0.324 e. The molecule has 3 amide bonds. The zero-order valence-corrected chi connectivity index (χ0v) is 9.94. The third kappa shape index (κ3) is 7.10. The Bertz CT molecular complexity index is 302. The van der Waals surface area contributed by atoms with E-state index in [-0.39, 0.29) is 19.3 Å². The smallest absolute Gasteiger partial charge is 0.324 e. The second kappa shape index (κ2) is 8.32. The number of carbonyl (C=O) groups excluding carboxylic acids is 2. The van der Waals surface area contributed by atoms with Crippen LogP contribution in [0.2, 0.25) is 0 Å². The number of nitrogens with zero attached hydrogens (tertiary/aromatic N) is 1. The molecule has 0 atom stereocenters. The van der Waals surface area contributed by atoms with Gasteiger partial charge in [0.05, 0.1) is 0 Å². The molecule has 96 valence electrons. The summed E-state index contributed by atoms with van der Waals surface area (Å²) in [5.41, 5.74) is 0. The molecule has 0 rings (SSSR count). The van der Waals surface area contributed by atoms with Crippen LogP contribution in [-0.4, -0.2) is 41.0 Å². The van der Waals surface area contributed by atoms with Crippen molar-refractivity contribution in [2.45, 2.75) is 26.2 Å². The number of hydrogen-bond donors (Lipinski definition) is 2. The van der Waals surface area contributed by atoms with Crippen molar-refractivity contribution in [3.05, 3.63) is 12.7 Å². The molecule has 0 bridgehead atoms. The van der Waals surface area contributed by atoms with Gasteiger partial charge in [-0.05, 0) is 13.3 Å². The Hall–Kier alpha value is -1.85. The number of hydrogen-bond acceptors (Lipinski definition) is 3. The standard InChI is InChI=1S/C11H18N2O4/c1-3-8-13(4-2)11(17)12-9(14)6-5-7-10(15)16/h3H,1,4-8H2,2H3,(H,15,16)(H,12,14,17). The van der Waals surface area contributed by atoms with Gasteiger partial charge in [0.15, 0.2) is 0 Å². The summed E-state index contributed by atoms with van der Waals surface area (Å²) in [6, 6.07) is -0.479. The number of urea groups is 1. The third-order valence-corrected chi connectivity index (χ3v) is 2.06. The van der Waals surface area contributed by atoms with Gasteiger partial charge in [-0.1, -0.05) is 6.08 Å². The van der Waals surface area contributed by atoms with Crippen LogP contribution < -0.4 is 5.32 Å². The molecule has 0 aromatic heterocycles. The highest BCUT2D eigenvalue weighted by molar-refractivity contribution is 5.94. The van der Waals surface area contributed by atoms with E-state index in [1.165, 1.54) is 4.90 Å². The van der Waals surface area contributed by atoms with Gasteiger partial charge in [0.2, 0.25) is 5.91 Å². The van der Waals surface area contributed by atoms with Gasteiger partial charge in [0.25, 0.3) is 0 Å². The number of amides is 3. The SMILES string of the molecule is C=CCN(CC)C(=O)NC(=O)CCCC(=O)O. The Morgan fingerprint density at radius 3 is 2.47 bits per heavy atom. The third-order valence-electron chi connectivity index (χ3n) is 2.06. The van der Waals surface area contributed by atoms with Gasteiger partial charge < -0.3 is 10.0 Å². The van der Waals surface area contributed by atoms with E-state index in [1.54, 1.807) is 13.0 Å². The minimum atomic E-state index is -0.953. The molecule has 0 aliphatic carbocycles. The molecular weight excluding hydrogens is 224 g/mol. The van der Waals surface area contributed by atoms with Crippen molar-refractivity contribution in [3.63, 3.8) is 0 Å². The predicted molar refractivity (Wildman–Crippen MR) is 62.5 cm³/mol. The number of carboxylic acids is 1. The molecule has 0 aromatic carbocycles. The topological polar surface area (TPSA) is 86.7 Å². The molecule has 0 aromatic rings. The van der Waals surface area contributed by atoms with E-state index in [4.69, 9.17) is 5.11 Å². The van der Waals surface area contributed by atoms with Crippen LogP contribution in [0.4, 0.5) is 4.79 Å².